The number of likely N-dealkylation sites (tertiary alicyclic amines) is 2. The van der Waals surface area contributed by atoms with Crippen LogP contribution in [0.3, 0.4) is 0 Å². The summed E-state index contributed by atoms with van der Waals surface area (Å²) in [7, 11) is 0. The maximum atomic E-state index is 12.7. The Morgan fingerprint density at radius 2 is 2.00 bits per heavy atom. The van der Waals surface area contributed by atoms with Crippen LogP contribution in [0.4, 0.5) is 0 Å². The monoisotopic (exact) mass is 391 g/mol. The third-order valence-corrected chi connectivity index (χ3v) is 6.15. The summed E-state index contributed by atoms with van der Waals surface area (Å²) in [4.78, 5) is 29.2. The number of carbonyl (C=O) groups is 1. The molecule has 2 aliphatic heterocycles. The third kappa shape index (κ3) is 3.92. The van der Waals surface area contributed by atoms with Crippen LogP contribution in [0.2, 0.25) is 5.02 Å². The fourth-order valence-corrected chi connectivity index (χ4v) is 4.45. The van der Waals surface area contributed by atoms with Crippen LogP contribution in [0.5, 0.6) is 0 Å². The van der Waals surface area contributed by atoms with E-state index in [4.69, 9.17) is 16.0 Å². The van der Waals surface area contributed by atoms with Gasteiger partial charge in [-0.1, -0.05) is 18.5 Å². The normalized spacial score (nSPS) is 22.4. The first-order chi connectivity index (χ1) is 13.0. The van der Waals surface area contributed by atoms with Gasteiger partial charge in [0.25, 0.3) is 0 Å². The zero-order chi connectivity index (χ0) is 19.0. The Balaban J connectivity index is 1.47. The molecule has 0 unspecified atom stereocenters. The van der Waals surface area contributed by atoms with Gasteiger partial charge in [-0.15, -0.1) is 0 Å². The highest BCUT2D eigenvalue weighted by atomic mass is 35.5. The quantitative estimate of drug-likeness (QED) is 0.806. The molecule has 2 aliphatic rings. The molecule has 0 N–H and O–H groups in total. The average molecular weight is 392 g/mol. The Morgan fingerprint density at radius 3 is 2.78 bits per heavy atom. The Labute approximate surface area is 163 Å². The summed E-state index contributed by atoms with van der Waals surface area (Å²) in [5.74, 6) is 0.562. The molecule has 1 aromatic carbocycles. The first-order valence-corrected chi connectivity index (χ1v) is 10.2. The topological polar surface area (TPSA) is 58.7 Å². The summed E-state index contributed by atoms with van der Waals surface area (Å²) in [6.45, 7) is 5.96. The number of benzene rings is 1. The van der Waals surface area contributed by atoms with Crippen LogP contribution in [0.1, 0.15) is 38.6 Å². The minimum atomic E-state index is -0.351. The van der Waals surface area contributed by atoms with Gasteiger partial charge in [0, 0.05) is 24.7 Å². The van der Waals surface area contributed by atoms with Crippen molar-refractivity contribution in [1.82, 2.24) is 14.4 Å². The van der Waals surface area contributed by atoms with Crippen LogP contribution in [0, 0.1) is 5.92 Å². The molecule has 0 aliphatic carbocycles. The van der Waals surface area contributed by atoms with Crippen molar-refractivity contribution in [2.24, 2.45) is 5.92 Å². The van der Waals surface area contributed by atoms with Gasteiger partial charge in [0.15, 0.2) is 5.58 Å². The molecule has 7 heteroatoms. The van der Waals surface area contributed by atoms with Crippen molar-refractivity contribution in [3.8, 4) is 0 Å². The van der Waals surface area contributed by atoms with Gasteiger partial charge in [0.1, 0.15) is 0 Å². The average Bonchev–Trinajstić information content (AvgIpc) is 2.97. The molecule has 0 saturated carbocycles. The highest BCUT2D eigenvalue weighted by Gasteiger charge is 2.28. The van der Waals surface area contributed by atoms with Crippen molar-refractivity contribution in [2.75, 3.05) is 32.7 Å². The van der Waals surface area contributed by atoms with Crippen molar-refractivity contribution >= 4 is 28.6 Å². The zero-order valence-electron chi connectivity index (χ0n) is 15.7. The highest BCUT2D eigenvalue weighted by Crippen LogP contribution is 2.27. The molecule has 4 rings (SSSR count). The molecule has 0 radical (unpaired) electrons. The van der Waals surface area contributed by atoms with E-state index in [0.717, 1.165) is 50.8 Å². The molecule has 27 heavy (non-hydrogen) atoms. The number of halogens is 1. The first kappa shape index (κ1) is 18.6. The van der Waals surface area contributed by atoms with E-state index in [0.29, 0.717) is 29.6 Å². The molecule has 146 valence electrons. The number of rotatable bonds is 3. The molecular weight excluding hydrogens is 366 g/mol. The summed E-state index contributed by atoms with van der Waals surface area (Å²) in [6, 6.07) is 5.24. The van der Waals surface area contributed by atoms with Gasteiger partial charge in [-0.2, -0.15) is 0 Å². The number of piperidine rings is 2. The Kier molecular flexibility index (Phi) is 5.28. The lowest BCUT2D eigenvalue weighted by Crippen LogP contribution is -2.47. The summed E-state index contributed by atoms with van der Waals surface area (Å²) < 4.78 is 7.09. The number of oxazole rings is 1. The van der Waals surface area contributed by atoms with Crippen LogP contribution in [0.15, 0.2) is 27.4 Å². The van der Waals surface area contributed by atoms with Crippen LogP contribution in [-0.2, 0) is 4.79 Å². The number of hydrogen-bond donors (Lipinski definition) is 0. The van der Waals surface area contributed by atoms with E-state index in [9.17, 15) is 9.59 Å². The largest absolute Gasteiger partial charge is 0.420 e. The van der Waals surface area contributed by atoms with Crippen molar-refractivity contribution in [1.29, 1.82) is 0 Å². The number of hydrogen-bond acceptors (Lipinski definition) is 4. The molecule has 3 heterocycles. The van der Waals surface area contributed by atoms with Gasteiger partial charge in [0.05, 0.1) is 18.1 Å². The summed E-state index contributed by atoms with van der Waals surface area (Å²) >= 11 is 6.11. The maximum absolute atomic E-state index is 12.7. The maximum Gasteiger partial charge on any atom is 0.420 e. The summed E-state index contributed by atoms with van der Waals surface area (Å²) in [5.41, 5.74) is 1.29. The fourth-order valence-electron chi connectivity index (χ4n) is 4.29. The van der Waals surface area contributed by atoms with Gasteiger partial charge < -0.3 is 9.32 Å². The van der Waals surface area contributed by atoms with Crippen molar-refractivity contribution in [3.63, 3.8) is 0 Å². The lowest BCUT2D eigenvalue weighted by molar-refractivity contribution is -0.134. The van der Waals surface area contributed by atoms with Gasteiger partial charge in [-0.05, 0) is 56.3 Å². The number of aromatic nitrogens is 1. The van der Waals surface area contributed by atoms with E-state index in [1.165, 1.54) is 0 Å². The second-order valence-electron chi connectivity index (χ2n) is 7.94. The smallest absolute Gasteiger partial charge is 0.408 e. The minimum absolute atomic E-state index is 0.000134. The van der Waals surface area contributed by atoms with E-state index >= 15 is 0 Å². The Bertz CT molecular complexity index is 882. The predicted molar refractivity (Wildman–Crippen MR) is 105 cm³/mol. The van der Waals surface area contributed by atoms with E-state index in [1.807, 2.05) is 4.90 Å². The van der Waals surface area contributed by atoms with Crippen molar-refractivity contribution in [2.45, 2.75) is 38.6 Å². The number of amides is 1. The van der Waals surface area contributed by atoms with Crippen LogP contribution < -0.4 is 5.76 Å². The van der Waals surface area contributed by atoms with E-state index in [-0.39, 0.29) is 17.7 Å². The molecule has 1 amide bonds. The van der Waals surface area contributed by atoms with Gasteiger partial charge in [-0.3, -0.25) is 14.3 Å². The molecule has 2 fully saturated rings. The second kappa shape index (κ2) is 7.68. The first-order valence-electron chi connectivity index (χ1n) is 9.82. The molecule has 2 aromatic rings. The van der Waals surface area contributed by atoms with Gasteiger partial charge >= 0.3 is 5.76 Å². The number of fused-ring (bicyclic) bond motifs is 1. The van der Waals surface area contributed by atoms with Crippen LogP contribution in [-0.4, -0.2) is 53.0 Å². The Morgan fingerprint density at radius 1 is 1.22 bits per heavy atom. The predicted octanol–water partition coefficient (Wildman–Crippen LogP) is 3.14. The lowest BCUT2D eigenvalue weighted by Gasteiger charge is -2.35. The van der Waals surface area contributed by atoms with E-state index < -0.39 is 0 Å². The van der Waals surface area contributed by atoms with Crippen molar-refractivity contribution in [3.05, 3.63) is 33.8 Å². The minimum Gasteiger partial charge on any atom is -0.408 e. The molecular formula is C20H26ClN3O3. The van der Waals surface area contributed by atoms with E-state index in [1.54, 1.807) is 22.8 Å². The van der Waals surface area contributed by atoms with E-state index in [2.05, 4.69) is 11.8 Å². The molecule has 6 nitrogen and oxygen atoms in total. The lowest BCUT2D eigenvalue weighted by atomic mass is 9.99. The second-order valence-corrected chi connectivity index (χ2v) is 8.38. The third-order valence-electron chi connectivity index (χ3n) is 5.92. The van der Waals surface area contributed by atoms with Gasteiger partial charge in [0.2, 0.25) is 5.91 Å². The van der Waals surface area contributed by atoms with Gasteiger partial charge in [-0.25, -0.2) is 4.79 Å². The SMILES string of the molecule is CC1CCN(C(=O)CN2CCC[C@H](n3c(=O)oc4ccc(Cl)cc43)C2)CC1. The zero-order valence-corrected chi connectivity index (χ0v) is 16.5. The highest BCUT2D eigenvalue weighted by molar-refractivity contribution is 6.31. The molecule has 0 bridgehead atoms. The molecule has 2 saturated heterocycles. The molecule has 0 spiro atoms. The summed E-state index contributed by atoms with van der Waals surface area (Å²) in [5, 5.41) is 0.583. The Hall–Kier alpha value is -1.79. The molecule has 1 atom stereocenters. The number of carbonyl (C=O) groups excluding carboxylic acids is 1. The van der Waals surface area contributed by atoms with Crippen LogP contribution in [0.25, 0.3) is 11.1 Å². The fraction of sp³-hybridized carbons (Fsp3) is 0.600. The van der Waals surface area contributed by atoms with Crippen molar-refractivity contribution < 1.29 is 9.21 Å². The number of nitrogens with zero attached hydrogens (tertiary/aromatic N) is 3. The van der Waals surface area contributed by atoms with Crippen LogP contribution >= 0.6 is 11.6 Å². The summed E-state index contributed by atoms with van der Waals surface area (Å²) in [6.07, 6.45) is 4.03. The standard InChI is InChI=1S/C20H26ClN3O3/c1-14-6-9-23(10-7-14)19(25)13-22-8-2-3-16(12-22)24-17-11-15(21)4-5-18(17)27-20(24)26/h4-5,11,14,16H,2-3,6-10,12-13H2,1H3/t16-/m0/s1. The molecule has 1 aromatic heterocycles.